The van der Waals surface area contributed by atoms with Crippen LogP contribution in [0.15, 0.2) is 78.2 Å². The van der Waals surface area contributed by atoms with Gasteiger partial charge in [-0.1, -0.05) is 30.3 Å². The Morgan fingerprint density at radius 3 is 2.58 bits per heavy atom. The molecule has 0 radical (unpaired) electrons. The molecule has 1 unspecified atom stereocenters. The summed E-state index contributed by atoms with van der Waals surface area (Å²) in [6.45, 7) is 2.09. The molecule has 0 aliphatic carbocycles. The maximum absolute atomic E-state index is 13.5. The van der Waals surface area contributed by atoms with Crippen molar-refractivity contribution in [3.05, 3.63) is 88.7 Å². The van der Waals surface area contributed by atoms with E-state index >= 15 is 0 Å². The highest BCUT2D eigenvalue weighted by atomic mass is 32.1. The van der Waals surface area contributed by atoms with Crippen LogP contribution in [0.4, 0.5) is 5.69 Å². The van der Waals surface area contributed by atoms with Gasteiger partial charge < -0.3 is 24.4 Å². The van der Waals surface area contributed by atoms with E-state index in [0.717, 1.165) is 27.6 Å². The van der Waals surface area contributed by atoms with E-state index < -0.39 is 6.04 Å². The highest BCUT2D eigenvalue weighted by Crippen LogP contribution is 2.34. The van der Waals surface area contributed by atoms with E-state index in [0.29, 0.717) is 17.2 Å². The fourth-order valence-corrected chi connectivity index (χ4v) is 4.90. The maximum Gasteiger partial charge on any atom is 0.246 e. The largest absolute Gasteiger partial charge is 0.497 e. The second-order valence-corrected chi connectivity index (χ2v) is 9.71. The summed E-state index contributed by atoms with van der Waals surface area (Å²) in [5, 5.41) is 5.59. The first-order valence-electron chi connectivity index (χ1n) is 12.1. The van der Waals surface area contributed by atoms with Crippen molar-refractivity contribution >= 4 is 28.8 Å². The Labute approximate surface area is 224 Å². The Morgan fingerprint density at radius 2 is 1.82 bits per heavy atom. The highest BCUT2D eigenvalue weighted by Gasteiger charge is 2.28. The number of fused-ring (bicyclic) bond motifs is 1. The first-order chi connectivity index (χ1) is 18.5. The van der Waals surface area contributed by atoms with E-state index in [1.54, 1.807) is 37.1 Å². The molecular formula is C29H27N3O5S. The number of hydrogen-bond acceptors (Lipinski definition) is 7. The SMILES string of the molecule is COc1ccc(-c2csc(CN(C(=O)Cc3ccccc3)C(C)C(=O)Nc3ccc4c(c3)OCO4)n2)cc1. The molecular weight excluding hydrogens is 502 g/mol. The van der Waals surface area contributed by atoms with Crippen LogP contribution in [0.5, 0.6) is 17.2 Å². The standard InChI is InChI=1S/C29H27N3O5S/c1-19(29(34)30-22-10-13-25-26(15-22)37-18-36-25)32(28(33)14-20-6-4-3-5-7-20)16-27-31-24(17-38-27)21-8-11-23(35-2)12-9-21/h3-13,15,17,19H,14,16,18H2,1-2H3,(H,30,34). The molecule has 1 aromatic heterocycles. The molecule has 194 valence electrons. The van der Waals surface area contributed by atoms with Crippen LogP contribution < -0.4 is 19.5 Å². The molecule has 2 amide bonds. The minimum Gasteiger partial charge on any atom is -0.497 e. The number of anilines is 1. The topological polar surface area (TPSA) is 90.0 Å². The van der Waals surface area contributed by atoms with Gasteiger partial charge in [-0.2, -0.15) is 0 Å². The zero-order valence-corrected chi connectivity index (χ0v) is 21.9. The molecule has 1 aliphatic rings. The molecule has 9 heteroatoms. The van der Waals surface area contributed by atoms with E-state index in [4.69, 9.17) is 19.2 Å². The van der Waals surface area contributed by atoms with E-state index in [9.17, 15) is 9.59 Å². The van der Waals surface area contributed by atoms with Crippen LogP contribution in [0.25, 0.3) is 11.3 Å². The van der Waals surface area contributed by atoms with E-state index in [2.05, 4.69) is 5.32 Å². The first kappa shape index (κ1) is 25.3. The van der Waals surface area contributed by atoms with Gasteiger partial charge in [-0.25, -0.2) is 4.98 Å². The molecule has 2 heterocycles. The molecule has 1 atom stereocenters. The van der Waals surface area contributed by atoms with Crippen LogP contribution in [0, 0.1) is 0 Å². The van der Waals surface area contributed by atoms with Crippen LogP contribution in [0.3, 0.4) is 0 Å². The van der Waals surface area contributed by atoms with Gasteiger partial charge in [0.25, 0.3) is 0 Å². The van der Waals surface area contributed by atoms with Gasteiger partial charge in [-0.3, -0.25) is 9.59 Å². The van der Waals surface area contributed by atoms with Gasteiger partial charge in [0.05, 0.1) is 25.8 Å². The number of hydrogen-bond donors (Lipinski definition) is 1. The number of aromatic nitrogens is 1. The van der Waals surface area contributed by atoms with Gasteiger partial charge in [0.15, 0.2) is 11.5 Å². The number of thiazole rings is 1. The average Bonchev–Trinajstić information content (AvgIpc) is 3.61. The Balaban J connectivity index is 1.35. The third-order valence-electron chi connectivity index (χ3n) is 6.25. The number of carbonyl (C=O) groups is 2. The quantitative estimate of drug-likeness (QED) is 0.323. The first-order valence-corrected chi connectivity index (χ1v) is 13.0. The number of nitrogens with one attached hydrogen (secondary N) is 1. The summed E-state index contributed by atoms with van der Waals surface area (Å²) in [5.74, 6) is 1.50. The van der Waals surface area contributed by atoms with Crippen LogP contribution in [-0.4, -0.2) is 41.6 Å². The number of nitrogens with zero attached hydrogens (tertiary/aromatic N) is 2. The van der Waals surface area contributed by atoms with Crippen molar-refractivity contribution in [1.29, 1.82) is 0 Å². The number of methoxy groups -OCH3 is 1. The lowest BCUT2D eigenvalue weighted by Gasteiger charge is -2.28. The van der Waals surface area contributed by atoms with Crippen molar-refractivity contribution in [2.45, 2.75) is 25.9 Å². The lowest BCUT2D eigenvalue weighted by Crippen LogP contribution is -2.45. The summed E-state index contributed by atoms with van der Waals surface area (Å²) < 4.78 is 16.0. The minimum atomic E-state index is -0.745. The molecule has 8 nitrogen and oxygen atoms in total. The number of rotatable bonds is 9. The monoisotopic (exact) mass is 529 g/mol. The molecule has 4 aromatic rings. The third-order valence-corrected chi connectivity index (χ3v) is 7.08. The molecule has 0 bridgehead atoms. The molecule has 38 heavy (non-hydrogen) atoms. The summed E-state index contributed by atoms with van der Waals surface area (Å²) in [5.41, 5.74) is 3.20. The summed E-state index contributed by atoms with van der Waals surface area (Å²) in [6.07, 6.45) is 0.180. The Hall–Kier alpha value is -4.37. The zero-order chi connectivity index (χ0) is 26.5. The van der Waals surface area contributed by atoms with Crippen molar-refractivity contribution in [2.24, 2.45) is 0 Å². The van der Waals surface area contributed by atoms with Crippen molar-refractivity contribution < 1.29 is 23.8 Å². The molecule has 0 saturated heterocycles. The summed E-state index contributed by atoms with van der Waals surface area (Å²) in [6, 6.07) is 21.6. The van der Waals surface area contributed by atoms with Crippen molar-refractivity contribution in [3.63, 3.8) is 0 Å². The molecule has 0 saturated carbocycles. The number of carbonyl (C=O) groups excluding carboxylic acids is 2. The summed E-state index contributed by atoms with van der Waals surface area (Å²) >= 11 is 1.45. The zero-order valence-electron chi connectivity index (χ0n) is 21.0. The van der Waals surface area contributed by atoms with Gasteiger partial charge in [-0.15, -0.1) is 11.3 Å². The lowest BCUT2D eigenvalue weighted by atomic mass is 10.1. The third kappa shape index (κ3) is 5.78. The second-order valence-electron chi connectivity index (χ2n) is 8.77. The van der Waals surface area contributed by atoms with E-state index in [-0.39, 0.29) is 31.6 Å². The van der Waals surface area contributed by atoms with Crippen molar-refractivity contribution in [1.82, 2.24) is 9.88 Å². The molecule has 1 N–H and O–H groups in total. The van der Waals surface area contributed by atoms with E-state index in [1.807, 2.05) is 60.0 Å². The predicted molar refractivity (Wildman–Crippen MR) is 145 cm³/mol. The van der Waals surface area contributed by atoms with Crippen LogP contribution in [0.1, 0.15) is 17.5 Å². The van der Waals surface area contributed by atoms with Gasteiger partial charge in [0.1, 0.15) is 16.8 Å². The molecule has 3 aromatic carbocycles. The minimum absolute atomic E-state index is 0.150. The Kier molecular flexibility index (Phi) is 7.55. The van der Waals surface area contributed by atoms with Crippen molar-refractivity contribution in [3.8, 4) is 28.5 Å². The number of amides is 2. The Morgan fingerprint density at radius 1 is 1.05 bits per heavy atom. The van der Waals surface area contributed by atoms with Crippen LogP contribution in [-0.2, 0) is 22.6 Å². The lowest BCUT2D eigenvalue weighted by molar-refractivity contribution is -0.138. The Bertz CT molecular complexity index is 1420. The molecule has 1 aliphatic heterocycles. The van der Waals surface area contributed by atoms with Crippen molar-refractivity contribution in [2.75, 3.05) is 19.2 Å². The van der Waals surface area contributed by atoms with Gasteiger partial charge in [0.2, 0.25) is 18.6 Å². The van der Waals surface area contributed by atoms with Crippen LogP contribution >= 0.6 is 11.3 Å². The molecule has 0 fully saturated rings. The second kappa shape index (κ2) is 11.4. The smallest absolute Gasteiger partial charge is 0.246 e. The summed E-state index contributed by atoms with van der Waals surface area (Å²) in [7, 11) is 1.63. The maximum atomic E-state index is 13.5. The molecule has 5 rings (SSSR count). The van der Waals surface area contributed by atoms with Gasteiger partial charge in [0, 0.05) is 22.7 Å². The average molecular weight is 530 g/mol. The van der Waals surface area contributed by atoms with Gasteiger partial charge in [-0.05, 0) is 48.9 Å². The summed E-state index contributed by atoms with van der Waals surface area (Å²) in [4.78, 5) is 33.1. The van der Waals surface area contributed by atoms with Gasteiger partial charge >= 0.3 is 0 Å². The molecule has 0 spiro atoms. The predicted octanol–water partition coefficient (Wildman–Crippen LogP) is 5.15. The normalized spacial score (nSPS) is 12.6. The van der Waals surface area contributed by atoms with Crippen LogP contribution in [0.2, 0.25) is 0 Å². The fourth-order valence-electron chi connectivity index (χ4n) is 4.10. The number of benzene rings is 3. The van der Waals surface area contributed by atoms with E-state index in [1.165, 1.54) is 11.3 Å². The number of ether oxygens (including phenoxy) is 3. The fraction of sp³-hybridized carbons (Fsp3) is 0.207. The highest BCUT2D eigenvalue weighted by molar-refractivity contribution is 7.09.